The van der Waals surface area contributed by atoms with Gasteiger partial charge >= 0.3 is 0 Å². The third-order valence-electron chi connectivity index (χ3n) is 13.5. The van der Waals surface area contributed by atoms with Crippen molar-refractivity contribution in [2.75, 3.05) is 0 Å². The Balaban J connectivity index is 1.29. The second kappa shape index (κ2) is 19.3. The summed E-state index contributed by atoms with van der Waals surface area (Å²) in [4.78, 5) is 16.7. The third kappa shape index (κ3) is 10.5. The highest BCUT2D eigenvalue weighted by molar-refractivity contribution is 5.85. The van der Waals surface area contributed by atoms with Crippen molar-refractivity contribution in [3.63, 3.8) is 0 Å². The first kappa shape index (κ1) is 47.7. The molecule has 0 aliphatic carbocycles. The molecule has 72 heavy (non-hydrogen) atoms. The Morgan fingerprint density at radius 3 is 0.389 bits per heavy atom. The normalized spacial score (nSPS) is 11.3. The Morgan fingerprint density at radius 2 is 0.250 bits per heavy atom. The van der Waals surface area contributed by atoms with Crippen molar-refractivity contribution in [3.8, 4) is 101 Å². The van der Waals surface area contributed by atoms with Crippen molar-refractivity contribution >= 4 is 0 Å². The lowest BCUT2D eigenvalue weighted by Crippen LogP contribution is -2.02. The number of nitrogens with zero attached hydrogens (tertiary/aromatic N) is 3. The van der Waals surface area contributed by atoms with E-state index in [1.54, 1.807) is 0 Å². The fourth-order valence-corrected chi connectivity index (χ4v) is 10.9. The van der Waals surface area contributed by atoms with Crippen LogP contribution in [0.4, 0.5) is 0 Å². The average molecular weight is 934 g/mol. The van der Waals surface area contributed by atoms with Crippen LogP contribution < -0.4 is 0 Å². The molecule has 10 rings (SSSR count). The highest BCUT2D eigenvalue weighted by atomic mass is 15.0. The van der Waals surface area contributed by atoms with E-state index in [0.29, 0.717) is 17.5 Å². The zero-order valence-electron chi connectivity index (χ0n) is 43.9. The van der Waals surface area contributed by atoms with Gasteiger partial charge in [0.15, 0.2) is 17.5 Å². The lowest BCUT2D eigenvalue weighted by molar-refractivity contribution is 1.07. The lowest BCUT2D eigenvalue weighted by atomic mass is 9.92. The molecule has 0 saturated heterocycles. The van der Waals surface area contributed by atoms with E-state index in [-0.39, 0.29) is 0 Å². The first-order chi connectivity index (χ1) is 34.4. The van der Waals surface area contributed by atoms with Crippen LogP contribution in [0.5, 0.6) is 0 Å². The van der Waals surface area contributed by atoms with E-state index in [9.17, 15) is 0 Å². The minimum absolute atomic E-state index is 0.612. The van der Waals surface area contributed by atoms with Gasteiger partial charge in [-0.25, -0.2) is 15.0 Å². The van der Waals surface area contributed by atoms with Gasteiger partial charge in [0.25, 0.3) is 0 Å². The average Bonchev–Trinajstić information content (AvgIpc) is 3.31. The van der Waals surface area contributed by atoms with Crippen LogP contribution in [0.1, 0.15) is 66.8 Å². The molecule has 0 aliphatic rings. The first-order valence-corrected chi connectivity index (χ1v) is 25.2. The predicted molar refractivity (Wildman–Crippen MR) is 306 cm³/mol. The number of aryl methyl sites for hydroxylation is 12. The zero-order chi connectivity index (χ0) is 50.5. The molecular formula is C69H63N3. The molecule has 354 valence electrons. The summed E-state index contributed by atoms with van der Waals surface area (Å²) >= 11 is 0. The molecular weight excluding hydrogens is 871 g/mol. The highest BCUT2D eigenvalue weighted by Crippen LogP contribution is 2.39. The van der Waals surface area contributed by atoms with Crippen molar-refractivity contribution in [1.82, 2.24) is 15.0 Å². The van der Waals surface area contributed by atoms with Crippen molar-refractivity contribution in [2.24, 2.45) is 0 Å². The molecule has 0 fully saturated rings. The Morgan fingerprint density at radius 1 is 0.139 bits per heavy atom. The maximum Gasteiger partial charge on any atom is 0.164 e. The molecule has 0 amide bonds. The smallest absolute Gasteiger partial charge is 0.164 e. The first-order valence-electron chi connectivity index (χ1n) is 25.2. The van der Waals surface area contributed by atoms with Crippen LogP contribution in [0.25, 0.3) is 101 Å². The second-order valence-electron chi connectivity index (χ2n) is 21.0. The van der Waals surface area contributed by atoms with Crippen LogP contribution in [-0.4, -0.2) is 15.0 Å². The Bertz CT molecular complexity index is 3040. The summed E-state index contributed by atoms with van der Waals surface area (Å²) in [5, 5.41) is 0. The van der Waals surface area contributed by atoms with E-state index in [2.05, 4.69) is 247 Å². The zero-order valence-corrected chi connectivity index (χ0v) is 43.9. The predicted octanol–water partition coefficient (Wildman–Crippen LogP) is 18.6. The number of hydrogen-bond acceptors (Lipinski definition) is 3. The summed E-state index contributed by atoms with van der Waals surface area (Å²) in [7, 11) is 0. The summed E-state index contributed by atoms with van der Waals surface area (Å²) in [5.74, 6) is 1.84. The highest BCUT2D eigenvalue weighted by Gasteiger charge is 2.19. The van der Waals surface area contributed by atoms with Gasteiger partial charge in [-0.15, -0.1) is 0 Å². The largest absolute Gasteiger partial charge is 0.208 e. The van der Waals surface area contributed by atoms with E-state index in [1.807, 2.05) is 0 Å². The maximum absolute atomic E-state index is 5.56. The molecule has 0 spiro atoms. The van der Waals surface area contributed by atoms with E-state index >= 15 is 0 Å². The number of hydrogen-bond donors (Lipinski definition) is 0. The minimum atomic E-state index is 0.612. The van der Waals surface area contributed by atoms with E-state index in [0.717, 1.165) is 83.5 Å². The summed E-state index contributed by atoms with van der Waals surface area (Å²) in [6.07, 6.45) is 0. The molecule has 1 heterocycles. The molecule has 0 bridgehead atoms. The topological polar surface area (TPSA) is 38.7 Å². The molecule has 1 aromatic heterocycles. The van der Waals surface area contributed by atoms with Gasteiger partial charge in [0.2, 0.25) is 0 Å². The summed E-state index contributed by atoms with van der Waals surface area (Å²) in [6.45, 7) is 26.1. The van der Waals surface area contributed by atoms with E-state index < -0.39 is 0 Å². The monoisotopic (exact) mass is 934 g/mol. The summed E-state index contributed by atoms with van der Waals surface area (Å²) in [5.41, 5.74) is 31.1. The Labute approximate surface area is 427 Å². The maximum atomic E-state index is 5.56. The van der Waals surface area contributed by atoms with Crippen LogP contribution in [0.15, 0.2) is 164 Å². The van der Waals surface area contributed by atoms with Gasteiger partial charge in [-0.3, -0.25) is 0 Å². The molecule has 10 aromatic rings. The van der Waals surface area contributed by atoms with Gasteiger partial charge in [-0.05, 0) is 204 Å². The lowest BCUT2D eigenvalue weighted by Gasteiger charge is -2.16. The van der Waals surface area contributed by atoms with Gasteiger partial charge < -0.3 is 0 Å². The van der Waals surface area contributed by atoms with Crippen LogP contribution in [0.2, 0.25) is 0 Å². The van der Waals surface area contributed by atoms with Crippen LogP contribution >= 0.6 is 0 Å². The van der Waals surface area contributed by atoms with Gasteiger partial charge in [0.1, 0.15) is 0 Å². The fraction of sp³-hybridized carbons (Fsp3) is 0.174. The van der Waals surface area contributed by atoms with Crippen LogP contribution in [-0.2, 0) is 0 Å². The summed E-state index contributed by atoms with van der Waals surface area (Å²) < 4.78 is 0. The SMILES string of the molecule is Cc1cc(C)cc(-c2cc(-c3cc(C)cc(C)c3)cc(-c3nc(-c4cc(-c5cc(C)cc(C)c5)cc(-c5cc(C)cc(C)c5)c4)nc(-c4cc(-c5cc(C)cc(C)c5)cc(-c5cc(C)cc(C)c5)c4)n3)c2)c1. The third-order valence-corrected chi connectivity index (χ3v) is 13.5. The molecule has 0 N–H and O–H groups in total. The summed E-state index contributed by atoms with van der Waals surface area (Å²) in [6, 6.07) is 61.3. The van der Waals surface area contributed by atoms with Crippen molar-refractivity contribution in [3.05, 3.63) is 231 Å². The van der Waals surface area contributed by atoms with Gasteiger partial charge in [0, 0.05) is 16.7 Å². The molecule has 3 nitrogen and oxygen atoms in total. The molecule has 3 heteroatoms. The number of benzene rings is 9. The van der Waals surface area contributed by atoms with E-state index in [4.69, 9.17) is 15.0 Å². The quantitative estimate of drug-likeness (QED) is 0.145. The van der Waals surface area contributed by atoms with Crippen molar-refractivity contribution < 1.29 is 0 Å². The number of aromatic nitrogens is 3. The molecule has 0 radical (unpaired) electrons. The molecule has 0 atom stereocenters. The van der Waals surface area contributed by atoms with Gasteiger partial charge in [-0.2, -0.15) is 0 Å². The molecule has 0 saturated carbocycles. The van der Waals surface area contributed by atoms with Crippen LogP contribution in [0.3, 0.4) is 0 Å². The van der Waals surface area contributed by atoms with E-state index in [1.165, 1.54) is 66.8 Å². The van der Waals surface area contributed by atoms with Crippen molar-refractivity contribution in [2.45, 2.75) is 83.1 Å². The standard InChI is InChI=1S/C69H63N3/c1-40-13-41(2)20-52(19-40)58-31-59(53-21-42(3)14-43(4)22-53)35-64(34-58)67-70-68(65-36-60(54-23-44(5)15-45(6)24-54)32-61(37-65)55-25-46(7)16-47(8)26-55)72-69(71-67)66-38-62(56-27-48(9)17-49(10)28-56)33-63(39-66)57-29-50(11)18-51(12)30-57/h13-39H,1-12H3. The fourth-order valence-electron chi connectivity index (χ4n) is 10.9. The molecule has 0 aliphatic heterocycles. The van der Waals surface area contributed by atoms with Crippen molar-refractivity contribution in [1.29, 1.82) is 0 Å². The van der Waals surface area contributed by atoms with Gasteiger partial charge in [0.05, 0.1) is 0 Å². The van der Waals surface area contributed by atoms with Gasteiger partial charge in [-0.1, -0.05) is 176 Å². The number of rotatable bonds is 9. The molecule has 9 aromatic carbocycles. The Kier molecular flexibility index (Phi) is 12.8. The second-order valence-corrected chi connectivity index (χ2v) is 21.0. The molecule has 0 unspecified atom stereocenters. The minimum Gasteiger partial charge on any atom is -0.208 e. The Hall–Kier alpha value is -8.01. The van der Waals surface area contributed by atoms with Crippen LogP contribution in [0, 0.1) is 83.1 Å².